The van der Waals surface area contributed by atoms with Crippen molar-refractivity contribution < 1.29 is 21.6 Å². The van der Waals surface area contributed by atoms with Crippen molar-refractivity contribution in [3.05, 3.63) is 29.6 Å². The summed E-state index contributed by atoms with van der Waals surface area (Å²) < 4.78 is 60.7. The topological polar surface area (TPSA) is 46.2 Å². The summed E-state index contributed by atoms with van der Waals surface area (Å²) >= 11 is 0. The average molecular weight is 225 g/mol. The third kappa shape index (κ3) is 2.63. The van der Waals surface area contributed by atoms with E-state index in [-0.39, 0.29) is 5.69 Å². The van der Waals surface area contributed by atoms with Crippen molar-refractivity contribution in [3.63, 3.8) is 0 Å². The molecule has 1 aromatic carbocycles. The van der Waals surface area contributed by atoms with E-state index in [4.69, 9.17) is 0 Å². The van der Waals surface area contributed by atoms with Crippen LogP contribution in [0.2, 0.25) is 0 Å². The molecule has 0 saturated heterocycles. The second-order valence-corrected chi connectivity index (χ2v) is 4.38. The van der Waals surface area contributed by atoms with Crippen LogP contribution in [0.3, 0.4) is 0 Å². The third-order valence-corrected chi connectivity index (χ3v) is 1.89. The molecular weight excluding hydrogens is 219 g/mol. The highest BCUT2D eigenvalue weighted by molar-refractivity contribution is 7.92. The number of halogens is 3. The van der Waals surface area contributed by atoms with E-state index in [1.54, 1.807) is 0 Å². The number of nitrogens with one attached hydrogen (secondary N) is 1. The Kier molecular flexibility index (Phi) is 2.70. The average Bonchev–Trinajstić information content (AvgIpc) is 1.96. The summed E-state index contributed by atoms with van der Waals surface area (Å²) in [4.78, 5) is 0. The van der Waals surface area contributed by atoms with E-state index in [0.717, 1.165) is 6.26 Å². The van der Waals surface area contributed by atoms with Gasteiger partial charge in [-0.15, -0.1) is 0 Å². The van der Waals surface area contributed by atoms with E-state index in [2.05, 4.69) is 0 Å². The lowest BCUT2D eigenvalue weighted by Gasteiger charge is -2.04. The molecule has 0 radical (unpaired) electrons. The van der Waals surface area contributed by atoms with Crippen molar-refractivity contribution >= 4 is 15.7 Å². The normalized spacial score (nSPS) is 11.4. The first-order valence-corrected chi connectivity index (χ1v) is 5.31. The second kappa shape index (κ2) is 3.49. The number of sulfonamides is 1. The first-order valence-electron chi connectivity index (χ1n) is 3.42. The van der Waals surface area contributed by atoms with E-state index in [1.807, 2.05) is 4.72 Å². The van der Waals surface area contributed by atoms with Gasteiger partial charge in [0.2, 0.25) is 10.0 Å². The third-order valence-electron chi connectivity index (χ3n) is 1.29. The molecule has 7 heteroatoms. The predicted molar refractivity (Wildman–Crippen MR) is 44.8 cm³/mol. The maximum atomic E-state index is 12.6. The molecule has 14 heavy (non-hydrogen) atoms. The van der Waals surface area contributed by atoms with Gasteiger partial charge in [0.15, 0.2) is 17.5 Å². The summed E-state index contributed by atoms with van der Waals surface area (Å²) in [5.74, 6) is -4.53. The zero-order valence-corrected chi connectivity index (χ0v) is 7.83. The number of anilines is 1. The minimum Gasteiger partial charge on any atom is -0.284 e. The Hall–Kier alpha value is -1.24. The molecule has 0 aromatic heterocycles. The standard InChI is InChI=1S/C7H6F3NO2S/c1-14(12,13)11-4-2-5(8)7(10)6(9)3-4/h2-3,11H,1H3. The lowest BCUT2D eigenvalue weighted by atomic mass is 10.3. The van der Waals surface area contributed by atoms with Crippen LogP contribution in [-0.4, -0.2) is 14.7 Å². The van der Waals surface area contributed by atoms with Crippen LogP contribution in [0.15, 0.2) is 12.1 Å². The Bertz CT molecular complexity index is 435. The van der Waals surface area contributed by atoms with Gasteiger partial charge in [-0.25, -0.2) is 21.6 Å². The van der Waals surface area contributed by atoms with Crippen LogP contribution in [0, 0.1) is 17.5 Å². The highest BCUT2D eigenvalue weighted by atomic mass is 32.2. The van der Waals surface area contributed by atoms with Crippen LogP contribution in [0.5, 0.6) is 0 Å². The molecule has 0 aliphatic heterocycles. The van der Waals surface area contributed by atoms with Crippen LogP contribution in [0.1, 0.15) is 0 Å². The molecule has 3 nitrogen and oxygen atoms in total. The van der Waals surface area contributed by atoms with E-state index in [1.165, 1.54) is 0 Å². The van der Waals surface area contributed by atoms with Crippen LogP contribution >= 0.6 is 0 Å². The van der Waals surface area contributed by atoms with Crippen LogP contribution in [-0.2, 0) is 10.0 Å². The zero-order chi connectivity index (χ0) is 10.9. The Morgan fingerprint density at radius 1 is 1.14 bits per heavy atom. The molecule has 0 amide bonds. The van der Waals surface area contributed by atoms with Crippen LogP contribution in [0.25, 0.3) is 0 Å². The van der Waals surface area contributed by atoms with Crippen molar-refractivity contribution in [2.24, 2.45) is 0 Å². The van der Waals surface area contributed by atoms with E-state index in [9.17, 15) is 21.6 Å². The van der Waals surface area contributed by atoms with Crippen molar-refractivity contribution in [2.45, 2.75) is 0 Å². The summed E-state index contributed by atoms with van der Waals surface area (Å²) in [5.41, 5.74) is -0.357. The summed E-state index contributed by atoms with van der Waals surface area (Å²) in [6.07, 6.45) is 0.812. The highest BCUT2D eigenvalue weighted by Crippen LogP contribution is 2.17. The molecule has 1 rings (SSSR count). The van der Waals surface area contributed by atoms with Gasteiger partial charge in [-0.3, -0.25) is 4.72 Å². The molecule has 78 valence electrons. The van der Waals surface area contributed by atoms with Crippen molar-refractivity contribution in [3.8, 4) is 0 Å². The Labute approximate surface area is 78.6 Å². The first-order chi connectivity index (χ1) is 6.29. The molecule has 0 bridgehead atoms. The predicted octanol–water partition coefficient (Wildman–Crippen LogP) is 1.48. The van der Waals surface area contributed by atoms with Gasteiger partial charge in [0.05, 0.1) is 11.9 Å². The molecule has 0 heterocycles. The number of rotatable bonds is 2. The molecule has 0 atom stereocenters. The second-order valence-electron chi connectivity index (χ2n) is 2.63. The van der Waals surface area contributed by atoms with Crippen LogP contribution in [0.4, 0.5) is 18.9 Å². The first kappa shape index (κ1) is 10.8. The molecule has 0 unspecified atom stereocenters. The number of benzene rings is 1. The van der Waals surface area contributed by atoms with Crippen molar-refractivity contribution in [1.82, 2.24) is 0 Å². The smallest absolute Gasteiger partial charge is 0.229 e. The molecule has 0 spiro atoms. The SMILES string of the molecule is CS(=O)(=O)Nc1cc(F)c(F)c(F)c1. The fourth-order valence-electron chi connectivity index (χ4n) is 0.829. The van der Waals surface area contributed by atoms with Crippen molar-refractivity contribution in [2.75, 3.05) is 11.0 Å². The molecule has 1 aromatic rings. The lowest BCUT2D eigenvalue weighted by Crippen LogP contribution is -2.10. The van der Waals surface area contributed by atoms with E-state index >= 15 is 0 Å². The van der Waals surface area contributed by atoms with Gasteiger partial charge < -0.3 is 0 Å². The Morgan fingerprint density at radius 2 is 1.57 bits per heavy atom. The van der Waals surface area contributed by atoms with E-state index in [0.29, 0.717) is 12.1 Å². The molecular formula is C7H6F3NO2S. The Balaban J connectivity index is 3.14. The van der Waals surface area contributed by atoms with Gasteiger partial charge in [0, 0.05) is 12.1 Å². The molecule has 0 fully saturated rings. The Morgan fingerprint density at radius 3 is 1.93 bits per heavy atom. The van der Waals surface area contributed by atoms with Gasteiger partial charge >= 0.3 is 0 Å². The fraction of sp³-hybridized carbons (Fsp3) is 0.143. The summed E-state index contributed by atoms with van der Waals surface area (Å²) in [5, 5.41) is 0. The lowest BCUT2D eigenvalue weighted by molar-refractivity contribution is 0.448. The monoisotopic (exact) mass is 225 g/mol. The zero-order valence-electron chi connectivity index (χ0n) is 7.01. The maximum Gasteiger partial charge on any atom is 0.229 e. The van der Waals surface area contributed by atoms with Gasteiger partial charge in [-0.2, -0.15) is 0 Å². The number of hydrogen-bond acceptors (Lipinski definition) is 2. The molecule has 0 aliphatic rings. The molecule has 0 aliphatic carbocycles. The summed E-state index contributed by atoms with van der Waals surface area (Å²) in [7, 11) is -3.63. The minimum atomic E-state index is -3.63. The molecule has 0 saturated carbocycles. The fourth-order valence-corrected chi connectivity index (χ4v) is 1.37. The quantitative estimate of drug-likeness (QED) is 0.775. The van der Waals surface area contributed by atoms with Crippen molar-refractivity contribution in [1.29, 1.82) is 0 Å². The number of hydrogen-bond donors (Lipinski definition) is 1. The largest absolute Gasteiger partial charge is 0.284 e. The maximum absolute atomic E-state index is 12.6. The molecule has 1 N–H and O–H groups in total. The van der Waals surface area contributed by atoms with Gasteiger partial charge in [0.1, 0.15) is 0 Å². The summed E-state index contributed by atoms with van der Waals surface area (Å²) in [6.45, 7) is 0. The van der Waals surface area contributed by atoms with Gasteiger partial charge in [0.25, 0.3) is 0 Å². The summed E-state index contributed by atoms with van der Waals surface area (Å²) in [6, 6.07) is 1.11. The van der Waals surface area contributed by atoms with Gasteiger partial charge in [-0.05, 0) is 0 Å². The van der Waals surface area contributed by atoms with Gasteiger partial charge in [-0.1, -0.05) is 0 Å². The minimum absolute atomic E-state index is 0.357. The van der Waals surface area contributed by atoms with Crippen LogP contribution < -0.4 is 4.72 Å². The highest BCUT2D eigenvalue weighted by Gasteiger charge is 2.12. The van der Waals surface area contributed by atoms with E-state index < -0.39 is 27.5 Å².